The maximum absolute atomic E-state index is 12.0. The summed E-state index contributed by atoms with van der Waals surface area (Å²) in [6, 6.07) is 7.81. The van der Waals surface area contributed by atoms with Gasteiger partial charge in [0.1, 0.15) is 6.33 Å². The first kappa shape index (κ1) is 24.5. The van der Waals surface area contributed by atoms with Gasteiger partial charge in [-0.15, -0.1) is 0 Å². The van der Waals surface area contributed by atoms with E-state index in [1.807, 2.05) is 12.1 Å². The monoisotopic (exact) mass is 453 g/mol. The Morgan fingerprint density at radius 3 is 2.06 bits per heavy atom. The van der Waals surface area contributed by atoms with Gasteiger partial charge >= 0.3 is 17.6 Å². The number of nitriles is 2. The molecule has 0 saturated carbocycles. The number of aromatic nitrogens is 2. The maximum Gasteiger partial charge on any atom is 0.353 e. The van der Waals surface area contributed by atoms with Gasteiger partial charge in [0.25, 0.3) is 0 Å². The summed E-state index contributed by atoms with van der Waals surface area (Å²) in [7, 11) is 2.33. The van der Waals surface area contributed by atoms with Crippen molar-refractivity contribution in [2.24, 2.45) is 0 Å². The van der Waals surface area contributed by atoms with E-state index in [9.17, 15) is 19.7 Å². The van der Waals surface area contributed by atoms with E-state index in [1.165, 1.54) is 37.3 Å². The van der Waals surface area contributed by atoms with Gasteiger partial charge in [0.2, 0.25) is 11.6 Å². The number of carbonyl (C=O) groups excluding carboxylic acids is 2. The van der Waals surface area contributed by atoms with E-state index in [0.29, 0.717) is 0 Å². The second kappa shape index (κ2) is 11.6. The van der Waals surface area contributed by atoms with Crippen LogP contribution in [0.1, 0.15) is 33.6 Å². The molecule has 2 aromatic rings. The summed E-state index contributed by atoms with van der Waals surface area (Å²) in [6.07, 6.45) is 1.19. The van der Waals surface area contributed by atoms with Crippen LogP contribution >= 0.6 is 0 Å². The Morgan fingerprint density at radius 1 is 1.06 bits per heavy atom. The summed E-state index contributed by atoms with van der Waals surface area (Å²) in [5.41, 5.74) is -0.364. The number of hydrogen-bond donors (Lipinski definition) is 1. The second-order valence-corrected chi connectivity index (χ2v) is 6.36. The van der Waals surface area contributed by atoms with Crippen molar-refractivity contribution in [3.05, 3.63) is 45.8 Å². The van der Waals surface area contributed by atoms with Gasteiger partial charge < -0.3 is 19.7 Å². The normalized spacial score (nSPS) is 9.82. The number of hydrogen-bond acceptors (Lipinski definition) is 12. The zero-order chi connectivity index (χ0) is 24.4. The number of esters is 2. The fourth-order valence-electron chi connectivity index (χ4n) is 2.86. The van der Waals surface area contributed by atoms with Gasteiger partial charge in [0.05, 0.1) is 55.2 Å². The highest BCUT2D eigenvalue weighted by molar-refractivity contribution is 5.97. The van der Waals surface area contributed by atoms with Gasteiger partial charge in [-0.2, -0.15) is 10.5 Å². The van der Waals surface area contributed by atoms with Crippen LogP contribution in [0.4, 0.5) is 23.0 Å². The molecule has 13 heteroatoms. The second-order valence-electron chi connectivity index (χ2n) is 6.36. The van der Waals surface area contributed by atoms with E-state index in [0.717, 1.165) is 6.33 Å². The molecule has 0 bridgehead atoms. The molecule has 0 saturated heterocycles. The molecule has 1 N–H and O–H groups in total. The minimum Gasteiger partial charge on any atom is -0.465 e. The summed E-state index contributed by atoms with van der Waals surface area (Å²) in [4.78, 5) is 44.6. The molecule has 0 spiro atoms. The lowest BCUT2D eigenvalue weighted by Crippen LogP contribution is -2.27. The van der Waals surface area contributed by atoms with Crippen molar-refractivity contribution in [2.75, 3.05) is 37.5 Å². The molecule has 0 aliphatic carbocycles. The fourth-order valence-corrected chi connectivity index (χ4v) is 2.86. The van der Waals surface area contributed by atoms with Gasteiger partial charge in [-0.1, -0.05) is 0 Å². The molecule has 170 valence electrons. The first-order chi connectivity index (χ1) is 15.9. The van der Waals surface area contributed by atoms with Crippen molar-refractivity contribution in [3.8, 4) is 12.1 Å². The van der Waals surface area contributed by atoms with Gasteiger partial charge in [-0.25, -0.2) is 19.6 Å². The molecule has 0 amide bonds. The van der Waals surface area contributed by atoms with Crippen LogP contribution in [-0.4, -0.2) is 54.1 Å². The number of rotatable bonds is 10. The van der Waals surface area contributed by atoms with E-state index < -0.39 is 22.5 Å². The molecule has 13 nitrogen and oxygen atoms in total. The fraction of sp³-hybridized carbons (Fsp3) is 0.300. The lowest BCUT2D eigenvalue weighted by molar-refractivity contribution is -0.383. The maximum atomic E-state index is 12.0. The van der Waals surface area contributed by atoms with Crippen molar-refractivity contribution in [1.29, 1.82) is 10.5 Å². The Balaban J connectivity index is 2.57. The molecule has 2 rings (SSSR count). The average Bonchev–Trinajstić information content (AvgIpc) is 2.82. The molecule has 1 aromatic carbocycles. The number of nitrogens with one attached hydrogen (secondary N) is 1. The van der Waals surface area contributed by atoms with E-state index in [1.54, 1.807) is 0 Å². The Bertz CT molecular complexity index is 1090. The molecular weight excluding hydrogens is 434 g/mol. The summed E-state index contributed by atoms with van der Waals surface area (Å²) in [6.45, 7) is 0.222. The number of carbonyl (C=O) groups is 2. The number of anilines is 3. The van der Waals surface area contributed by atoms with E-state index in [2.05, 4.69) is 24.8 Å². The molecule has 0 atom stereocenters. The molecular formula is C20H19N7O6. The SMILES string of the molecule is COC(=O)c1cc(Nc2ncnc(N(CCC#N)CCC#N)c2[N+](=O)[O-])cc(C(=O)OC)c1. The van der Waals surface area contributed by atoms with Crippen molar-refractivity contribution >= 4 is 34.9 Å². The predicted octanol–water partition coefficient (Wildman–Crippen LogP) is 2.34. The third-order valence-corrected chi connectivity index (χ3v) is 4.31. The molecule has 0 unspecified atom stereocenters. The quantitative estimate of drug-likeness (QED) is 0.315. The van der Waals surface area contributed by atoms with E-state index in [-0.39, 0.29) is 54.4 Å². The van der Waals surface area contributed by atoms with Crippen molar-refractivity contribution < 1.29 is 24.0 Å². The topological polar surface area (TPSA) is 184 Å². The molecule has 0 radical (unpaired) electrons. The number of nitro groups is 1. The Kier molecular flexibility index (Phi) is 8.58. The summed E-state index contributed by atoms with van der Waals surface area (Å²) in [5.74, 6) is -1.77. The zero-order valence-corrected chi connectivity index (χ0v) is 17.8. The van der Waals surface area contributed by atoms with Gasteiger partial charge in [0.15, 0.2) is 0 Å². The van der Waals surface area contributed by atoms with Crippen LogP contribution in [0.3, 0.4) is 0 Å². The Hall–Kier alpha value is -4.78. The van der Waals surface area contributed by atoms with Crippen LogP contribution in [0, 0.1) is 32.8 Å². The number of nitrogens with zero attached hydrogens (tertiary/aromatic N) is 6. The summed E-state index contributed by atoms with van der Waals surface area (Å²) in [5, 5.41) is 32.4. The molecule has 0 aliphatic heterocycles. The molecule has 1 heterocycles. The lowest BCUT2D eigenvalue weighted by atomic mass is 10.1. The smallest absolute Gasteiger partial charge is 0.353 e. The summed E-state index contributed by atoms with van der Waals surface area (Å²) < 4.78 is 9.37. The number of ether oxygens (including phenoxy) is 2. The predicted molar refractivity (Wildman–Crippen MR) is 114 cm³/mol. The van der Waals surface area contributed by atoms with Crippen LogP contribution in [0.25, 0.3) is 0 Å². The third-order valence-electron chi connectivity index (χ3n) is 4.31. The Morgan fingerprint density at radius 2 is 1.61 bits per heavy atom. The molecule has 1 aromatic heterocycles. The number of benzene rings is 1. The molecule has 0 aliphatic rings. The zero-order valence-electron chi connectivity index (χ0n) is 17.8. The first-order valence-corrected chi connectivity index (χ1v) is 9.43. The van der Waals surface area contributed by atoms with Gasteiger partial charge in [0, 0.05) is 18.8 Å². The van der Waals surface area contributed by atoms with Crippen molar-refractivity contribution in [1.82, 2.24) is 9.97 Å². The number of methoxy groups -OCH3 is 2. The molecule has 0 fully saturated rings. The highest BCUT2D eigenvalue weighted by atomic mass is 16.6. The largest absolute Gasteiger partial charge is 0.465 e. The van der Waals surface area contributed by atoms with Crippen molar-refractivity contribution in [2.45, 2.75) is 12.8 Å². The van der Waals surface area contributed by atoms with Gasteiger partial charge in [-0.3, -0.25) is 10.1 Å². The van der Waals surface area contributed by atoms with Crippen molar-refractivity contribution in [3.63, 3.8) is 0 Å². The van der Waals surface area contributed by atoms with Crippen LogP contribution < -0.4 is 10.2 Å². The van der Waals surface area contributed by atoms with E-state index in [4.69, 9.17) is 10.5 Å². The average molecular weight is 453 g/mol. The Labute approximate surface area is 188 Å². The third kappa shape index (κ3) is 6.11. The van der Waals surface area contributed by atoms with Crippen LogP contribution in [0.2, 0.25) is 0 Å². The lowest BCUT2D eigenvalue weighted by Gasteiger charge is -2.21. The van der Waals surface area contributed by atoms with Crippen LogP contribution in [0.15, 0.2) is 24.5 Å². The highest BCUT2D eigenvalue weighted by Crippen LogP contribution is 2.34. The minimum absolute atomic E-state index is 0.00417. The molecule has 33 heavy (non-hydrogen) atoms. The highest BCUT2D eigenvalue weighted by Gasteiger charge is 2.27. The van der Waals surface area contributed by atoms with Gasteiger partial charge in [-0.05, 0) is 18.2 Å². The standard InChI is InChI=1S/C20H19N7O6/c1-32-19(28)13-9-14(20(29)33-2)11-15(10-13)25-17-16(27(30)31)18(24-12-23-17)26(7-3-5-21)8-4-6-22/h9-12H,3-4,7-8H2,1-2H3,(H,23,24,25). The summed E-state index contributed by atoms with van der Waals surface area (Å²) >= 11 is 0. The van der Waals surface area contributed by atoms with E-state index >= 15 is 0 Å². The minimum atomic E-state index is -0.735. The first-order valence-electron chi connectivity index (χ1n) is 9.43. The van der Waals surface area contributed by atoms with Crippen LogP contribution in [-0.2, 0) is 9.47 Å². The van der Waals surface area contributed by atoms with Crippen LogP contribution in [0.5, 0.6) is 0 Å².